The van der Waals surface area contributed by atoms with Gasteiger partial charge in [-0.15, -0.1) is 0 Å². The van der Waals surface area contributed by atoms with Crippen molar-refractivity contribution >= 4 is 5.69 Å². The third-order valence-electron chi connectivity index (χ3n) is 8.30. The molecule has 1 unspecified atom stereocenters. The van der Waals surface area contributed by atoms with Crippen LogP contribution in [0.25, 0.3) is 0 Å². The Morgan fingerprint density at radius 1 is 1.09 bits per heavy atom. The summed E-state index contributed by atoms with van der Waals surface area (Å²) in [4.78, 5) is 7.22. The van der Waals surface area contributed by atoms with Crippen molar-refractivity contribution in [3.8, 4) is 5.75 Å². The number of nitrogens with one attached hydrogen (secondary N) is 1. The number of nitrogens with zero attached hydrogens (tertiary/aromatic N) is 2. The first kappa shape index (κ1) is 23.6. The molecule has 0 bridgehead atoms. The van der Waals surface area contributed by atoms with Gasteiger partial charge >= 0.3 is 0 Å². The highest BCUT2D eigenvalue weighted by molar-refractivity contribution is 5.61. The summed E-state index contributed by atoms with van der Waals surface area (Å²) in [5, 5.41) is 3.76. The molecule has 1 saturated carbocycles. The molecule has 1 atom stereocenters. The molecule has 2 aliphatic heterocycles. The van der Waals surface area contributed by atoms with Crippen LogP contribution in [-0.2, 0) is 21.4 Å². The molecule has 2 saturated heterocycles. The molecule has 3 aliphatic rings. The van der Waals surface area contributed by atoms with Gasteiger partial charge in [-0.05, 0) is 62.9 Å². The molecular weight excluding hydrogens is 426 g/mol. The molecule has 1 spiro atoms. The van der Waals surface area contributed by atoms with E-state index in [1.165, 1.54) is 42.6 Å². The monoisotopic (exact) mass is 465 g/mol. The lowest BCUT2D eigenvalue weighted by Gasteiger charge is -2.46. The maximum atomic E-state index is 6.41. The first-order valence-electron chi connectivity index (χ1n) is 12.9. The number of rotatable bonds is 9. The Kier molecular flexibility index (Phi) is 7.09. The first-order chi connectivity index (χ1) is 16.7. The zero-order valence-electron chi connectivity index (χ0n) is 20.7. The van der Waals surface area contributed by atoms with Crippen LogP contribution in [0.4, 0.5) is 5.69 Å². The molecule has 3 fully saturated rings. The van der Waals surface area contributed by atoms with E-state index in [4.69, 9.17) is 19.2 Å². The number of ether oxygens (including phenoxy) is 3. The van der Waals surface area contributed by atoms with Gasteiger partial charge in [-0.1, -0.05) is 25.0 Å². The van der Waals surface area contributed by atoms with Crippen LogP contribution in [0.15, 0.2) is 42.6 Å². The summed E-state index contributed by atoms with van der Waals surface area (Å²) >= 11 is 0. The molecule has 0 amide bonds. The molecule has 1 aliphatic carbocycles. The van der Waals surface area contributed by atoms with Crippen LogP contribution in [0, 0.1) is 0 Å². The minimum absolute atomic E-state index is 0.0565. The van der Waals surface area contributed by atoms with Gasteiger partial charge in [0.15, 0.2) is 0 Å². The van der Waals surface area contributed by atoms with Gasteiger partial charge in [-0.2, -0.15) is 0 Å². The quantitative estimate of drug-likeness (QED) is 0.552. The molecule has 0 radical (unpaired) electrons. The summed E-state index contributed by atoms with van der Waals surface area (Å²) in [5.41, 5.74) is 3.83. The van der Waals surface area contributed by atoms with Gasteiger partial charge in [0.2, 0.25) is 0 Å². The van der Waals surface area contributed by atoms with Crippen molar-refractivity contribution in [1.82, 2.24) is 10.3 Å². The lowest BCUT2D eigenvalue weighted by molar-refractivity contribution is -0.104. The topological polar surface area (TPSA) is 55.9 Å². The lowest BCUT2D eigenvalue weighted by Crippen LogP contribution is -2.52. The highest BCUT2D eigenvalue weighted by Crippen LogP contribution is 2.49. The molecule has 6 nitrogen and oxygen atoms in total. The predicted octanol–water partition coefficient (Wildman–Crippen LogP) is 4.47. The van der Waals surface area contributed by atoms with E-state index >= 15 is 0 Å². The van der Waals surface area contributed by atoms with Gasteiger partial charge in [-0.3, -0.25) is 4.98 Å². The predicted molar refractivity (Wildman–Crippen MR) is 135 cm³/mol. The Morgan fingerprint density at radius 3 is 2.68 bits per heavy atom. The maximum Gasteiger partial charge on any atom is 0.125 e. The summed E-state index contributed by atoms with van der Waals surface area (Å²) in [7, 11) is 3.55. The molecule has 5 rings (SSSR count). The van der Waals surface area contributed by atoms with E-state index < -0.39 is 0 Å². The van der Waals surface area contributed by atoms with Crippen LogP contribution in [0.5, 0.6) is 5.75 Å². The fourth-order valence-corrected chi connectivity index (χ4v) is 6.34. The van der Waals surface area contributed by atoms with Gasteiger partial charge in [0.05, 0.1) is 18.8 Å². The second-order valence-electron chi connectivity index (χ2n) is 10.3. The third-order valence-corrected chi connectivity index (χ3v) is 8.30. The minimum atomic E-state index is 0.0565. The highest BCUT2D eigenvalue weighted by atomic mass is 16.5. The second kappa shape index (κ2) is 10.2. The summed E-state index contributed by atoms with van der Waals surface area (Å²) in [5.74, 6) is 0.946. The van der Waals surface area contributed by atoms with Crippen molar-refractivity contribution in [2.24, 2.45) is 0 Å². The van der Waals surface area contributed by atoms with Crippen LogP contribution >= 0.6 is 0 Å². The van der Waals surface area contributed by atoms with Gasteiger partial charge in [0.25, 0.3) is 0 Å². The van der Waals surface area contributed by atoms with Crippen LogP contribution < -0.4 is 15.0 Å². The van der Waals surface area contributed by atoms with Crippen LogP contribution in [0.1, 0.15) is 56.2 Å². The normalized spacial score (nSPS) is 24.4. The third kappa shape index (κ3) is 4.68. The van der Waals surface area contributed by atoms with Crippen molar-refractivity contribution < 1.29 is 14.2 Å². The largest absolute Gasteiger partial charge is 0.496 e. The van der Waals surface area contributed by atoms with Crippen molar-refractivity contribution in [1.29, 1.82) is 0 Å². The molecule has 1 aromatic heterocycles. The summed E-state index contributed by atoms with van der Waals surface area (Å²) in [6.45, 7) is 4.42. The van der Waals surface area contributed by atoms with Crippen molar-refractivity contribution in [2.75, 3.05) is 45.4 Å². The van der Waals surface area contributed by atoms with Gasteiger partial charge in [0, 0.05) is 61.9 Å². The molecule has 1 N–H and O–H groups in total. The van der Waals surface area contributed by atoms with Crippen LogP contribution in [-0.4, -0.2) is 57.1 Å². The zero-order valence-corrected chi connectivity index (χ0v) is 20.7. The molecule has 3 heterocycles. The molecule has 184 valence electrons. The van der Waals surface area contributed by atoms with Crippen LogP contribution in [0.2, 0.25) is 0 Å². The van der Waals surface area contributed by atoms with Crippen molar-refractivity contribution in [3.05, 3.63) is 53.9 Å². The summed E-state index contributed by atoms with van der Waals surface area (Å²) < 4.78 is 17.6. The summed E-state index contributed by atoms with van der Waals surface area (Å²) in [6.07, 6.45) is 10.4. The second-order valence-corrected chi connectivity index (χ2v) is 10.3. The number of anilines is 1. The van der Waals surface area contributed by atoms with Crippen LogP contribution in [0.3, 0.4) is 0 Å². The number of hydrogen-bond donors (Lipinski definition) is 1. The Balaban J connectivity index is 1.29. The van der Waals surface area contributed by atoms with Gasteiger partial charge in [-0.25, -0.2) is 0 Å². The van der Waals surface area contributed by atoms with E-state index in [9.17, 15) is 0 Å². The number of aromatic nitrogens is 1. The van der Waals surface area contributed by atoms with E-state index in [2.05, 4.69) is 40.5 Å². The molecule has 34 heavy (non-hydrogen) atoms. The minimum Gasteiger partial charge on any atom is -0.496 e. The molecule has 1 aromatic carbocycles. The Bertz CT molecular complexity index is 941. The number of hydrogen-bond acceptors (Lipinski definition) is 6. The first-order valence-corrected chi connectivity index (χ1v) is 12.9. The summed E-state index contributed by atoms with van der Waals surface area (Å²) in [6, 6.07) is 12.7. The smallest absolute Gasteiger partial charge is 0.125 e. The Morgan fingerprint density at radius 2 is 1.94 bits per heavy atom. The average molecular weight is 466 g/mol. The fourth-order valence-electron chi connectivity index (χ4n) is 6.34. The number of benzene rings is 1. The fraction of sp³-hybridized carbons (Fsp3) is 0.607. The van der Waals surface area contributed by atoms with Crippen molar-refractivity contribution in [3.63, 3.8) is 0 Å². The van der Waals surface area contributed by atoms with E-state index in [-0.39, 0.29) is 11.0 Å². The molecule has 2 aromatic rings. The van der Waals surface area contributed by atoms with Crippen molar-refractivity contribution in [2.45, 2.75) is 68.6 Å². The lowest BCUT2D eigenvalue weighted by atomic mass is 9.68. The Hall–Kier alpha value is -2.15. The standard InChI is InChI=1S/C28H39N3O3/c1-32-22-19-31(20-22)24-8-7-9-25(33-2)23(24)18-29-16-13-27(26-10-3-6-15-30-26)14-17-34-28(21-27)11-4-5-12-28/h3,6-10,15,22,29H,4-5,11-14,16-21H2,1-2H3. The van der Waals surface area contributed by atoms with E-state index in [0.29, 0.717) is 6.10 Å². The SMILES string of the molecule is COc1cccc(N2CC(OC)C2)c1CNCCC1(c2ccccn2)CCOC2(CCCC2)C1. The van der Waals surface area contributed by atoms with Gasteiger partial charge < -0.3 is 24.4 Å². The molecule has 6 heteroatoms. The number of methoxy groups -OCH3 is 2. The zero-order chi connectivity index (χ0) is 23.4. The highest BCUT2D eigenvalue weighted by Gasteiger charge is 2.48. The Labute approximate surface area is 204 Å². The van der Waals surface area contributed by atoms with E-state index in [1.807, 2.05) is 12.3 Å². The van der Waals surface area contributed by atoms with Gasteiger partial charge in [0.1, 0.15) is 5.75 Å². The number of pyridine rings is 1. The van der Waals surface area contributed by atoms with E-state index in [0.717, 1.165) is 57.8 Å². The average Bonchev–Trinajstić information content (AvgIpc) is 3.29. The maximum absolute atomic E-state index is 6.41. The molecular formula is C28H39N3O3. The van der Waals surface area contributed by atoms with E-state index in [1.54, 1.807) is 14.2 Å².